The van der Waals surface area contributed by atoms with Crippen LogP contribution in [0.5, 0.6) is 0 Å². The van der Waals surface area contributed by atoms with Gasteiger partial charge in [-0.3, -0.25) is 4.79 Å². The Labute approximate surface area is 159 Å². The average molecular weight is 396 g/mol. The second kappa shape index (κ2) is 8.09. The SMILES string of the molecule is CC(C)OC(=O)c1c(NC(=O)CSc2nncn2N)sc2c1CCCC2. The Bertz CT molecular complexity index is 815. The van der Waals surface area contributed by atoms with Crippen LogP contribution in [0, 0.1) is 0 Å². The van der Waals surface area contributed by atoms with Crippen LogP contribution in [-0.2, 0) is 22.4 Å². The summed E-state index contributed by atoms with van der Waals surface area (Å²) >= 11 is 2.65. The summed E-state index contributed by atoms with van der Waals surface area (Å²) in [6.07, 6.45) is 5.07. The number of nitrogen functional groups attached to an aromatic ring is 1. The fraction of sp³-hybridized carbons (Fsp3) is 0.500. The molecule has 0 fully saturated rings. The van der Waals surface area contributed by atoms with Gasteiger partial charge in [-0.25, -0.2) is 9.47 Å². The predicted octanol–water partition coefficient (Wildman–Crippen LogP) is 2.23. The largest absolute Gasteiger partial charge is 0.459 e. The first-order chi connectivity index (χ1) is 12.5. The van der Waals surface area contributed by atoms with Crippen molar-refractivity contribution in [2.45, 2.75) is 50.8 Å². The maximum Gasteiger partial charge on any atom is 0.341 e. The van der Waals surface area contributed by atoms with Gasteiger partial charge in [0.1, 0.15) is 11.3 Å². The van der Waals surface area contributed by atoms with Gasteiger partial charge in [-0.15, -0.1) is 21.5 Å². The number of fused-ring (bicyclic) bond motifs is 1. The lowest BCUT2D eigenvalue weighted by atomic mass is 9.95. The number of aromatic nitrogens is 3. The highest BCUT2D eigenvalue weighted by atomic mass is 32.2. The summed E-state index contributed by atoms with van der Waals surface area (Å²) in [6, 6.07) is 0. The zero-order chi connectivity index (χ0) is 18.7. The Morgan fingerprint density at radius 2 is 2.19 bits per heavy atom. The summed E-state index contributed by atoms with van der Waals surface area (Å²) in [7, 11) is 0. The van der Waals surface area contributed by atoms with Crippen LogP contribution in [0.25, 0.3) is 0 Å². The molecule has 1 aliphatic carbocycles. The highest BCUT2D eigenvalue weighted by molar-refractivity contribution is 7.99. The maximum absolute atomic E-state index is 12.6. The zero-order valence-corrected chi connectivity index (χ0v) is 16.3. The molecule has 8 nitrogen and oxygen atoms in total. The Kier molecular flexibility index (Phi) is 5.82. The van der Waals surface area contributed by atoms with Gasteiger partial charge in [0.05, 0.1) is 17.4 Å². The van der Waals surface area contributed by atoms with Crippen LogP contribution in [0.1, 0.15) is 47.5 Å². The molecule has 0 aliphatic heterocycles. The van der Waals surface area contributed by atoms with Gasteiger partial charge in [0.15, 0.2) is 0 Å². The molecule has 0 radical (unpaired) electrons. The minimum absolute atomic E-state index is 0.122. The van der Waals surface area contributed by atoms with Gasteiger partial charge in [0.25, 0.3) is 0 Å². The monoisotopic (exact) mass is 395 g/mol. The third-order valence-corrected chi connectivity index (χ3v) is 6.01. The summed E-state index contributed by atoms with van der Waals surface area (Å²) in [4.78, 5) is 26.1. The molecule has 2 aromatic heterocycles. The number of hydrogen-bond donors (Lipinski definition) is 2. The minimum atomic E-state index is -0.371. The van der Waals surface area contributed by atoms with Gasteiger partial charge in [-0.05, 0) is 45.1 Å². The van der Waals surface area contributed by atoms with Crippen LogP contribution in [0.2, 0.25) is 0 Å². The smallest absolute Gasteiger partial charge is 0.341 e. The summed E-state index contributed by atoms with van der Waals surface area (Å²) in [5.74, 6) is 5.16. The van der Waals surface area contributed by atoms with Gasteiger partial charge in [0, 0.05) is 4.88 Å². The molecule has 0 atom stereocenters. The van der Waals surface area contributed by atoms with Gasteiger partial charge in [-0.1, -0.05) is 11.8 Å². The van der Waals surface area contributed by atoms with Gasteiger partial charge in [-0.2, -0.15) is 0 Å². The van der Waals surface area contributed by atoms with Gasteiger partial charge >= 0.3 is 5.97 Å². The molecule has 10 heteroatoms. The molecule has 1 aliphatic rings. The first kappa shape index (κ1) is 18.7. The van der Waals surface area contributed by atoms with E-state index in [2.05, 4.69) is 15.5 Å². The number of nitrogens with zero attached hydrogens (tertiary/aromatic N) is 3. The zero-order valence-electron chi connectivity index (χ0n) is 14.7. The lowest BCUT2D eigenvalue weighted by molar-refractivity contribution is -0.113. The van der Waals surface area contributed by atoms with E-state index < -0.39 is 0 Å². The number of esters is 1. The van der Waals surface area contributed by atoms with E-state index in [0.717, 1.165) is 36.1 Å². The summed E-state index contributed by atoms with van der Waals surface area (Å²) in [5.41, 5.74) is 1.54. The molecule has 0 aromatic carbocycles. The number of rotatable bonds is 6. The molecule has 0 bridgehead atoms. The molecule has 2 heterocycles. The average Bonchev–Trinajstić information content (AvgIpc) is 3.15. The third-order valence-electron chi connectivity index (χ3n) is 3.84. The number of thiophene rings is 1. The number of aryl methyl sites for hydroxylation is 1. The molecular weight excluding hydrogens is 374 g/mol. The summed E-state index contributed by atoms with van der Waals surface area (Å²) in [5, 5.41) is 11.4. The number of hydrogen-bond acceptors (Lipinski definition) is 8. The van der Waals surface area contributed by atoms with E-state index in [1.807, 2.05) is 13.8 Å². The Hall–Kier alpha value is -2.07. The summed E-state index contributed by atoms with van der Waals surface area (Å²) in [6.45, 7) is 3.63. The van der Waals surface area contributed by atoms with E-state index in [-0.39, 0.29) is 23.7 Å². The molecule has 0 unspecified atom stereocenters. The van der Waals surface area contributed by atoms with Crippen LogP contribution >= 0.6 is 23.1 Å². The molecule has 2 aromatic rings. The van der Waals surface area contributed by atoms with Crippen molar-refractivity contribution in [2.75, 3.05) is 16.9 Å². The van der Waals surface area contributed by atoms with Crippen molar-refractivity contribution in [1.29, 1.82) is 0 Å². The van der Waals surface area contributed by atoms with Crippen LogP contribution < -0.4 is 11.2 Å². The van der Waals surface area contributed by atoms with Crippen LogP contribution in [0.15, 0.2) is 11.5 Å². The highest BCUT2D eigenvalue weighted by Crippen LogP contribution is 2.38. The van der Waals surface area contributed by atoms with Crippen molar-refractivity contribution in [2.24, 2.45) is 0 Å². The highest BCUT2D eigenvalue weighted by Gasteiger charge is 2.27. The quantitative estimate of drug-likeness (QED) is 0.438. The van der Waals surface area contributed by atoms with Crippen molar-refractivity contribution in [3.05, 3.63) is 22.3 Å². The van der Waals surface area contributed by atoms with E-state index in [1.54, 1.807) is 0 Å². The standard InChI is InChI=1S/C16H21N5O3S2/c1-9(2)24-15(23)13-10-5-3-4-6-11(10)26-14(13)19-12(22)7-25-16-20-18-8-21(16)17/h8-9H,3-7,17H2,1-2H3,(H,19,22). The maximum atomic E-state index is 12.6. The predicted molar refractivity (Wildman–Crippen MR) is 101 cm³/mol. The molecule has 26 heavy (non-hydrogen) atoms. The normalized spacial score (nSPS) is 13.5. The topological polar surface area (TPSA) is 112 Å². The second-order valence-corrected chi connectivity index (χ2v) is 8.27. The van der Waals surface area contributed by atoms with Crippen molar-refractivity contribution >= 4 is 40.0 Å². The van der Waals surface area contributed by atoms with Gasteiger partial charge < -0.3 is 15.9 Å². The fourth-order valence-corrected chi connectivity index (χ4v) is 4.70. The minimum Gasteiger partial charge on any atom is -0.459 e. The fourth-order valence-electron chi connectivity index (χ4n) is 2.77. The second-order valence-electron chi connectivity index (χ2n) is 6.23. The number of anilines is 1. The number of amides is 1. The molecule has 3 rings (SSSR count). The Balaban J connectivity index is 1.75. The van der Waals surface area contributed by atoms with Crippen LogP contribution in [0.4, 0.5) is 5.00 Å². The van der Waals surface area contributed by atoms with E-state index in [1.165, 1.54) is 34.1 Å². The van der Waals surface area contributed by atoms with Crippen LogP contribution in [-0.4, -0.2) is 38.6 Å². The first-order valence-electron chi connectivity index (χ1n) is 8.39. The molecule has 1 amide bonds. The molecule has 0 saturated heterocycles. The van der Waals surface area contributed by atoms with Crippen molar-refractivity contribution in [3.63, 3.8) is 0 Å². The number of carbonyl (C=O) groups excluding carboxylic acids is 2. The lowest BCUT2D eigenvalue weighted by Crippen LogP contribution is -2.19. The number of thioether (sulfide) groups is 1. The molecular formula is C16H21N5O3S2. The number of nitrogens with two attached hydrogens (primary N) is 1. The number of carbonyl (C=O) groups is 2. The Morgan fingerprint density at radius 3 is 2.88 bits per heavy atom. The van der Waals surface area contributed by atoms with Crippen molar-refractivity contribution in [3.8, 4) is 0 Å². The van der Waals surface area contributed by atoms with Crippen molar-refractivity contribution < 1.29 is 14.3 Å². The first-order valence-corrected chi connectivity index (χ1v) is 10.2. The van der Waals surface area contributed by atoms with E-state index >= 15 is 0 Å². The third kappa shape index (κ3) is 4.18. The molecule has 0 spiro atoms. The molecule has 140 valence electrons. The van der Waals surface area contributed by atoms with Gasteiger partial charge in [0.2, 0.25) is 11.1 Å². The van der Waals surface area contributed by atoms with Crippen molar-refractivity contribution in [1.82, 2.24) is 14.9 Å². The Morgan fingerprint density at radius 1 is 1.42 bits per heavy atom. The lowest BCUT2D eigenvalue weighted by Gasteiger charge is -2.14. The summed E-state index contributed by atoms with van der Waals surface area (Å²) < 4.78 is 6.65. The number of nitrogens with one attached hydrogen (secondary N) is 1. The number of ether oxygens (including phenoxy) is 1. The van der Waals surface area contributed by atoms with E-state index in [4.69, 9.17) is 10.6 Å². The molecule has 0 saturated carbocycles. The van der Waals surface area contributed by atoms with E-state index in [0.29, 0.717) is 15.7 Å². The van der Waals surface area contributed by atoms with Crippen LogP contribution in [0.3, 0.4) is 0 Å². The van der Waals surface area contributed by atoms with E-state index in [9.17, 15) is 9.59 Å². The molecule has 3 N–H and O–H groups in total.